The number of benzene rings is 1. The first kappa shape index (κ1) is 11.9. The molecule has 1 aliphatic carbocycles. The van der Waals surface area contributed by atoms with Crippen molar-refractivity contribution in [2.45, 2.75) is 0 Å². The number of carbonyl (C=O) groups is 1. The van der Waals surface area contributed by atoms with E-state index in [0.717, 1.165) is 27.8 Å². The molecule has 4 heteroatoms. The first-order chi connectivity index (χ1) is 10.3. The van der Waals surface area contributed by atoms with Crippen LogP contribution in [0.15, 0.2) is 59.4 Å². The maximum atomic E-state index is 12.1. The predicted octanol–water partition coefficient (Wildman–Crippen LogP) is 3.25. The highest BCUT2D eigenvalue weighted by atomic mass is 16.5. The molecule has 4 nitrogen and oxygen atoms in total. The topological polar surface area (TPSA) is 52.3 Å². The quantitative estimate of drug-likeness (QED) is 0.675. The monoisotopic (exact) mass is 277 g/mol. The molecule has 0 saturated carbocycles. The maximum absolute atomic E-state index is 12.1. The molecule has 21 heavy (non-hydrogen) atoms. The van der Waals surface area contributed by atoms with Crippen molar-refractivity contribution in [3.05, 3.63) is 66.1 Å². The molecule has 0 saturated heterocycles. The lowest BCUT2D eigenvalue weighted by molar-refractivity contribution is -0.133. The van der Waals surface area contributed by atoms with Crippen LogP contribution in [0.1, 0.15) is 11.1 Å². The molecule has 0 bridgehead atoms. The third kappa shape index (κ3) is 1.92. The molecule has 1 aromatic rings. The molecule has 0 spiro atoms. The van der Waals surface area contributed by atoms with Gasteiger partial charge in [0.1, 0.15) is 12.9 Å². The van der Waals surface area contributed by atoms with Crippen LogP contribution in [0, 0.1) is 0 Å². The predicted molar refractivity (Wildman–Crippen MR) is 77.3 cm³/mol. The van der Waals surface area contributed by atoms with Crippen molar-refractivity contribution in [3.8, 4) is 11.1 Å². The number of hydrogen-bond donors (Lipinski definition) is 0. The van der Waals surface area contributed by atoms with E-state index in [1.165, 1.54) is 0 Å². The molecule has 0 N–H and O–H groups in total. The summed E-state index contributed by atoms with van der Waals surface area (Å²) in [5.74, 6) is -0.283. The number of rotatable bonds is 2. The van der Waals surface area contributed by atoms with Gasteiger partial charge in [0.25, 0.3) is 0 Å². The van der Waals surface area contributed by atoms with Crippen molar-refractivity contribution in [1.82, 2.24) is 5.16 Å². The first-order valence-electron chi connectivity index (χ1n) is 6.62. The van der Waals surface area contributed by atoms with E-state index < -0.39 is 0 Å². The highest BCUT2D eigenvalue weighted by Gasteiger charge is 2.28. The summed E-state index contributed by atoms with van der Waals surface area (Å²) < 4.78 is 10.2. The molecule has 0 fully saturated rings. The highest BCUT2D eigenvalue weighted by Crippen LogP contribution is 2.37. The van der Waals surface area contributed by atoms with Crippen LogP contribution in [0.4, 0.5) is 0 Å². The van der Waals surface area contributed by atoms with Gasteiger partial charge in [-0.1, -0.05) is 35.5 Å². The van der Waals surface area contributed by atoms with E-state index in [1.807, 2.05) is 42.5 Å². The van der Waals surface area contributed by atoms with E-state index in [2.05, 4.69) is 5.16 Å². The van der Waals surface area contributed by atoms with Gasteiger partial charge in [-0.25, -0.2) is 4.79 Å². The fourth-order valence-electron chi connectivity index (χ4n) is 2.64. The number of carbonyl (C=O) groups excluding carboxylic acids is 1. The van der Waals surface area contributed by atoms with Crippen molar-refractivity contribution in [2.24, 2.45) is 0 Å². The van der Waals surface area contributed by atoms with Crippen LogP contribution in [0.2, 0.25) is 0 Å². The summed E-state index contributed by atoms with van der Waals surface area (Å²) in [5.41, 5.74) is 5.25. The van der Waals surface area contributed by atoms with E-state index in [9.17, 15) is 4.79 Å². The molecule has 0 unspecified atom stereocenters. The molecule has 2 aliphatic heterocycles. The van der Waals surface area contributed by atoms with Gasteiger partial charge in [-0.15, -0.1) is 0 Å². The fourth-order valence-corrected chi connectivity index (χ4v) is 2.64. The molecule has 4 rings (SSSR count). The Hall–Kier alpha value is -2.88. The number of hydrogen-bond acceptors (Lipinski definition) is 4. The lowest BCUT2D eigenvalue weighted by Gasteiger charge is -2.02. The van der Waals surface area contributed by atoms with Gasteiger partial charge in [0, 0.05) is 16.7 Å². The average Bonchev–Trinajstić information content (AvgIpc) is 3.11. The second kappa shape index (κ2) is 4.59. The van der Waals surface area contributed by atoms with Crippen molar-refractivity contribution in [1.29, 1.82) is 0 Å². The Morgan fingerprint density at radius 3 is 2.57 bits per heavy atom. The van der Waals surface area contributed by atoms with Crippen LogP contribution in [0.5, 0.6) is 0 Å². The number of aromatic nitrogens is 1. The van der Waals surface area contributed by atoms with Gasteiger partial charge in [-0.05, 0) is 23.3 Å². The average molecular weight is 277 g/mol. The normalized spacial score (nSPS) is 14.8. The summed E-state index contributed by atoms with van der Waals surface area (Å²) in [6, 6.07) is 13.7. The van der Waals surface area contributed by atoms with E-state index in [0.29, 0.717) is 12.2 Å². The molecule has 0 amide bonds. The molecule has 0 atom stereocenters. The zero-order chi connectivity index (χ0) is 14.2. The fraction of sp³-hybridized carbons (Fsp3) is 0.0588. The standard InChI is InChI=1S/C17H11NO3/c19-17-16(12-6-13-8-18-21-9-14(13)7-12)15(10-20-17)11-4-2-1-3-5-11/h1-9H,10H2. The van der Waals surface area contributed by atoms with Crippen molar-refractivity contribution >= 4 is 17.1 Å². The van der Waals surface area contributed by atoms with E-state index in [-0.39, 0.29) is 5.97 Å². The Morgan fingerprint density at radius 2 is 1.76 bits per heavy atom. The largest absolute Gasteiger partial charge is 0.457 e. The van der Waals surface area contributed by atoms with E-state index >= 15 is 0 Å². The number of esters is 1. The lowest BCUT2D eigenvalue weighted by atomic mass is 9.98. The maximum Gasteiger partial charge on any atom is 0.339 e. The minimum Gasteiger partial charge on any atom is -0.457 e. The highest BCUT2D eigenvalue weighted by molar-refractivity contribution is 6.27. The molecular formula is C17H11NO3. The SMILES string of the molecule is O=C1OCC(c2ccccc2)=C1c1cc2cnocc-2c1. The summed E-state index contributed by atoms with van der Waals surface area (Å²) in [7, 11) is 0. The molecule has 2 heterocycles. The third-order valence-corrected chi connectivity index (χ3v) is 3.65. The molecule has 102 valence electrons. The summed E-state index contributed by atoms with van der Waals surface area (Å²) in [6.07, 6.45) is 3.21. The molecule has 3 aliphatic rings. The molecule has 1 aromatic carbocycles. The minimum atomic E-state index is -0.283. The summed E-state index contributed by atoms with van der Waals surface area (Å²) in [4.78, 5) is 12.1. The van der Waals surface area contributed by atoms with Crippen LogP contribution < -0.4 is 0 Å². The second-order valence-electron chi connectivity index (χ2n) is 4.91. The Kier molecular flexibility index (Phi) is 2.60. The molecular weight excluding hydrogens is 266 g/mol. The van der Waals surface area contributed by atoms with Gasteiger partial charge >= 0.3 is 5.97 Å². The number of fused-ring (bicyclic) bond motifs is 1. The number of cyclic esters (lactones) is 1. The molecule has 0 aromatic heterocycles. The van der Waals surface area contributed by atoms with Gasteiger partial charge in [0.2, 0.25) is 0 Å². The van der Waals surface area contributed by atoms with Crippen molar-refractivity contribution in [3.63, 3.8) is 0 Å². The summed E-state index contributed by atoms with van der Waals surface area (Å²) in [5, 5.41) is 3.74. The van der Waals surface area contributed by atoms with Gasteiger partial charge in [-0.2, -0.15) is 0 Å². The smallest absolute Gasteiger partial charge is 0.339 e. The Labute approximate surface area is 121 Å². The van der Waals surface area contributed by atoms with Crippen LogP contribution >= 0.6 is 0 Å². The lowest BCUT2D eigenvalue weighted by Crippen LogP contribution is -1.97. The van der Waals surface area contributed by atoms with Crippen LogP contribution in [-0.4, -0.2) is 17.7 Å². The van der Waals surface area contributed by atoms with Crippen molar-refractivity contribution < 1.29 is 14.1 Å². The van der Waals surface area contributed by atoms with Crippen molar-refractivity contribution in [2.75, 3.05) is 6.61 Å². The van der Waals surface area contributed by atoms with Crippen LogP contribution in [0.25, 0.3) is 22.3 Å². The van der Waals surface area contributed by atoms with Crippen LogP contribution in [-0.2, 0) is 9.53 Å². The number of nitrogens with zero attached hydrogens (tertiary/aromatic N) is 1. The Morgan fingerprint density at radius 1 is 0.952 bits per heavy atom. The number of ether oxygens (including phenoxy) is 1. The summed E-state index contributed by atoms with van der Waals surface area (Å²) >= 11 is 0. The van der Waals surface area contributed by atoms with Gasteiger partial charge in [0.15, 0.2) is 0 Å². The Balaban J connectivity index is 1.91. The third-order valence-electron chi connectivity index (χ3n) is 3.65. The first-order valence-corrected chi connectivity index (χ1v) is 6.62. The zero-order valence-electron chi connectivity index (χ0n) is 11.1. The Bertz CT molecular complexity index is 787. The van der Waals surface area contributed by atoms with E-state index in [4.69, 9.17) is 9.26 Å². The van der Waals surface area contributed by atoms with Gasteiger partial charge in [-0.3, -0.25) is 0 Å². The minimum absolute atomic E-state index is 0.283. The zero-order valence-corrected chi connectivity index (χ0v) is 11.1. The van der Waals surface area contributed by atoms with Gasteiger partial charge in [0.05, 0.1) is 11.8 Å². The summed E-state index contributed by atoms with van der Waals surface area (Å²) in [6.45, 7) is 0.308. The van der Waals surface area contributed by atoms with E-state index in [1.54, 1.807) is 12.5 Å². The second-order valence-corrected chi connectivity index (χ2v) is 4.91. The van der Waals surface area contributed by atoms with Crippen LogP contribution in [0.3, 0.4) is 0 Å². The van der Waals surface area contributed by atoms with Gasteiger partial charge < -0.3 is 9.26 Å². The molecule has 0 radical (unpaired) electrons.